The molecule has 0 aromatic heterocycles. The van der Waals surface area contributed by atoms with Crippen LogP contribution in [0.1, 0.15) is 0 Å². The van der Waals surface area contributed by atoms with E-state index in [-0.39, 0.29) is 11.4 Å². The van der Waals surface area contributed by atoms with Crippen LogP contribution in [0.2, 0.25) is 0 Å². The van der Waals surface area contributed by atoms with Crippen molar-refractivity contribution in [3.8, 4) is 5.75 Å². The second kappa shape index (κ2) is 6.96. The molecule has 0 saturated heterocycles. The van der Waals surface area contributed by atoms with Crippen molar-refractivity contribution in [2.45, 2.75) is 18.3 Å². The zero-order chi connectivity index (χ0) is 15.3. The van der Waals surface area contributed by atoms with Gasteiger partial charge in [0.1, 0.15) is 18.0 Å². The van der Waals surface area contributed by atoms with Crippen LogP contribution in [0, 0.1) is 0 Å². The van der Waals surface area contributed by atoms with E-state index in [1.165, 1.54) is 24.3 Å². The van der Waals surface area contributed by atoms with Crippen molar-refractivity contribution >= 4 is 17.4 Å². The Kier molecular flexibility index (Phi) is 5.59. The Hall–Kier alpha value is -2.00. The second-order valence-corrected chi connectivity index (χ2v) is 4.05. The quantitative estimate of drug-likeness (QED) is 0.261. The lowest BCUT2D eigenvalue weighted by molar-refractivity contribution is -0.148. The molecule has 1 unspecified atom stereocenters. The fourth-order valence-corrected chi connectivity index (χ4v) is 1.35. The SMILES string of the molecule is O=C(Nc1ccc(O)cc1)C(=O)C(O)[C@@H](O)[C@H](O)CO. The molecule has 0 aliphatic rings. The standard InChI is InChI=1S/C12H15NO7/c14-5-8(16)9(17)10(18)11(19)12(20)13-6-1-3-7(15)4-2-6/h1-4,8-10,14-18H,5H2,(H,13,20)/t8-,9+,10?/m1/s1. The summed E-state index contributed by atoms with van der Waals surface area (Å²) in [5, 5.41) is 47.6. The molecule has 0 aliphatic heterocycles. The summed E-state index contributed by atoms with van der Waals surface area (Å²) in [6.07, 6.45) is -5.87. The monoisotopic (exact) mass is 285 g/mol. The minimum Gasteiger partial charge on any atom is -0.508 e. The molecule has 8 nitrogen and oxygen atoms in total. The number of hydrogen-bond donors (Lipinski definition) is 6. The largest absolute Gasteiger partial charge is 0.508 e. The zero-order valence-corrected chi connectivity index (χ0v) is 10.3. The van der Waals surface area contributed by atoms with E-state index in [4.69, 9.17) is 15.3 Å². The van der Waals surface area contributed by atoms with Crippen LogP contribution >= 0.6 is 0 Å². The highest BCUT2D eigenvalue weighted by molar-refractivity contribution is 6.42. The Bertz CT molecular complexity index is 473. The Balaban J connectivity index is 2.67. The highest BCUT2D eigenvalue weighted by Crippen LogP contribution is 2.14. The number of phenols is 1. The van der Waals surface area contributed by atoms with Gasteiger partial charge in [-0.1, -0.05) is 0 Å². The lowest BCUT2D eigenvalue weighted by Gasteiger charge is -2.19. The van der Waals surface area contributed by atoms with Crippen LogP contribution < -0.4 is 5.32 Å². The molecular formula is C12H15NO7. The molecule has 110 valence electrons. The van der Waals surface area contributed by atoms with Crippen molar-refractivity contribution in [1.82, 2.24) is 0 Å². The molecule has 0 fully saturated rings. The molecule has 6 N–H and O–H groups in total. The van der Waals surface area contributed by atoms with Crippen molar-refractivity contribution in [2.75, 3.05) is 11.9 Å². The van der Waals surface area contributed by atoms with Crippen LogP contribution in [-0.2, 0) is 9.59 Å². The van der Waals surface area contributed by atoms with Gasteiger partial charge < -0.3 is 30.8 Å². The summed E-state index contributed by atoms with van der Waals surface area (Å²) < 4.78 is 0. The summed E-state index contributed by atoms with van der Waals surface area (Å²) >= 11 is 0. The Morgan fingerprint density at radius 3 is 2.15 bits per heavy atom. The number of hydrogen-bond acceptors (Lipinski definition) is 7. The normalized spacial score (nSPS) is 15.2. The van der Waals surface area contributed by atoms with Crippen LogP contribution in [0.25, 0.3) is 0 Å². The number of benzene rings is 1. The van der Waals surface area contributed by atoms with E-state index in [0.29, 0.717) is 0 Å². The lowest BCUT2D eigenvalue weighted by atomic mass is 10.0. The number of amides is 1. The zero-order valence-electron chi connectivity index (χ0n) is 10.3. The summed E-state index contributed by atoms with van der Waals surface area (Å²) in [6, 6.07) is 5.21. The van der Waals surface area contributed by atoms with Crippen molar-refractivity contribution in [2.24, 2.45) is 0 Å². The minimum atomic E-state index is -2.16. The summed E-state index contributed by atoms with van der Waals surface area (Å²) in [6.45, 7) is -0.870. The first-order chi connectivity index (χ1) is 9.36. The van der Waals surface area contributed by atoms with Gasteiger partial charge in [-0.15, -0.1) is 0 Å². The van der Waals surface area contributed by atoms with E-state index < -0.39 is 36.6 Å². The number of carbonyl (C=O) groups is 2. The van der Waals surface area contributed by atoms with Crippen LogP contribution in [0.4, 0.5) is 5.69 Å². The number of nitrogens with one attached hydrogen (secondary N) is 1. The van der Waals surface area contributed by atoms with Crippen molar-refractivity contribution in [1.29, 1.82) is 0 Å². The maximum atomic E-state index is 11.5. The molecule has 0 spiro atoms. The molecule has 1 aromatic rings. The van der Waals surface area contributed by atoms with E-state index in [1.807, 2.05) is 0 Å². The van der Waals surface area contributed by atoms with E-state index in [9.17, 15) is 19.8 Å². The fraction of sp³-hybridized carbons (Fsp3) is 0.333. The molecule has 0 radical (unpaired) electrons. The molecule has 0 saturated carbocycles. The average molecular weight is 285 g/mol. The number of Topliss-reactive ketones (excluding diaryl/α,β-unsaturated/α-hetero) is 1. The third kappa shape index (κ3) is 4.00. The second-order valence-electron chi connectivity index (χ2n) is 4.05. The maximum Gasteiger partial charge on any atom is 0.294 e. The van der Waals surface area contributed by atoms with Gasteiger partial charge in [-0.05, 0) is 24.3 Å². The van der Waals surface area contributed by atoms with Gasteiger partial charge in [0.05, 0.1) is 6.61 Å². The molecule has 3 atom stereocenters. The molecule has 1 amide bonds. The van der Waals surface area contributed by atoms with Gasteiger partial charge in [-0.2, -0.15) is 0 Å². The summed E-state index contributed by atoms with van der Waals surface area (Å²) in [7, 11) is 0. The van der Waals surface area contributed by atoms with Crippen LogP contribution in [-0.4, -0.2) is 62.1 Å². The third-order valence-electron chi connectivity index (χ3n) is 2.52. The van der Waals surface area contributed by atoms with Crippen LogP contribution in [0.5, 0.6) is 5.75 Å². The van der Waals surface area contributed by atoms with E-state index in [2.05, 4.69) is 5.32 Å². The number of aliphatic hydroxyl groups excluding tert-OH is 4. The molecule has 0 bridgehead atoms. The van der Waals surface area contributed by atoms with E-state index in [1.54, 1.807) is 0 Å². The van der Waals surface area contributed by atoms with Crippen LogP contribution in [0.3, 0.4) is 0 Å². The molecule has 1 aromatic carbocycles. The van der Waals surface area contributed by atoms with Crippen molar-refractivity contribution in [3.05, 3.63) is 24.3 Å². The molecule has 8 heteroatoms. The van der Waals surface area contributed by atoms with Crippen molar-refractivity contribution in [3.63, 3.8) is 0 Å². The van der Waals surface area contributed by atoms with Gasteiger partial charge in [0.15, 0.2) is 6.10 Å². The third-order valence-corrected chi connectivity index (χ3v) is 2.52. The van der Waals surface area contributed by atoms with Gasteiger partial charge in [-0.25, -0.2) is 0 Å². The number of aromatic hydroxyl groups is 1. The molecular weight excluding hydrogens is 270 g/mol. The Labute approximate surface area is 113 Å². The van der Waals surface area contributed by atoms with E-state index >= 15 is 0 Å². The Morgan fingerprint density at radius 1 is 1.10 bits per heavy atom. The highest BCUT2D eigenvalue weighted by atomic mass is 16.4. The predicted molar refractivity (Wildman–Crippen MR) is 66.8 cm³/mol. The number of ketones is 1. The summed E-state index contributed by atoms with van der Waals surface area (Å²) in [5.41, 5.74) is 0.200. The number of anilines is 1. The highest BCUT2D eigenvalue weighted by Gasteiger charge is 2.33. The first-order valence-corrected chi connectivity index (χ1v) is 5.66. The van der Waals surface area contributed by atoms with E-state index in [0.717, 1.165) is 0 Å². The molecule has 0 heterocycles. The first-order valence-electron chi connectivity index (χ1n) is 5.66. The average Bonchev–Trinajstić information content (AvgIpc) is 2.46. The molecule has 1 rings (SSSR count). The molecule has 0 aliphatic carbocycles. The van der Waals surface area contributed by atoms with Gasteiger partial charge >= 0.3 is 0 Å². The van der Waals surface area contributed by atoms with Gasteiger partial charge in [0.2, 0.25) is 0 Å². The van der Waals surface area contributed by atoms with Crippen LogP contribution in [0.15, 0.2) is 24.3 Å². The predicted octanol–water partition coefficient (Wildman–Crippen LogP) is -2.03. The smallest absolute Gasteiger partial charge is 0.294 e. The summed E-state index contributed by atoms with van der Waals surface area (Å²) in [5.74, 6) is -2.60. The number of rotatable bonds is 6. The van der Waals surface area contributed by atoms with Gasteiger partial charge in [0.25, 0.3) is 11.7 Å². The lowest BCUT2D eigenvalue weighted by Crippen LogP contribution is -2.47. The maximum absolute atomic E-state index is 11.5. The van der Waals surface area contributed by atoms with Gasteiger partial charge in [0, 0.05) is 5.69 Å². The topological polar surface area (TPSA) is 147 Å². The fourth-order valence-electron chi connectivity index (χ4n) is 1.35. The number of aliphatic hydroxyl groups is 4. The van der Waals surface area contributed by atoms with Gasteiger partial charge in [-0.3, -0.25) is 9.59 Å². The minimum absolute atomic E-state index is 0.0316. The summed E-state index contributed by atoms with van der Waals surface area (Å²) in [4.78, 5) is 23.0. The van der Waals surface area contributed by atoms with Crippen molar-refractivity contribution < 1.29 is 35.1 Å². The first kappa shape index (κ1) is 16.1. The Morgan fingerprint density at radius 2 is 1.65 bits per heavy atom. The number of phenolic OH excluding ortho intramolecular Hbond substituents is 1. The number of carbonyl (C=O) groups excluding carboxylic acids is 2. The molecule has 20 heavy (non-hydrogen) atoms.